The van der Waals surface area contributed by atoms with Crippen LogP contribution in [0.4, 0.5) is 10.5 Å². The second-order valence-corrected chi connectivity index (χ2v) is 6.83. The number of nitrogens with two attached hydrogens (primary N) is 1. The molecular formula is C17H27N5O2. The second kappa shape index (κ2) is 7.90. The van der Waals surface area contributed by atoms with Crippen molar-refractivity contribution in [3.05, 3.63) is 30.3 Å². The van der Waals surface area contributed by atoms with Gasteiger partial charge in [-0.25, -0.2) is 9.79 Å². The van der Waals surface area contributed by atoms with Crippen LogP contribution in [0.5, 0.6) is 0 Å². The van der Waals surface area contributed by atoms with E-state index in [1.54, 1.807) is 4.90 Å². The molecule has 2 rings (SSSR count). The third kappa shape index (κ3) is 5.98. The third-order valence-corrected chi connectivity index (χ3v) is 3.55. The summed E-state index contributed by atoms with van der Waals surface area (Å²) in [5.74, 6) is 0.342. The molecule has 7 heteroatoms. The topological polar surface area (TPSA) is 92.0 Å². The quantitative estimate of drug-likeness (QED) is 0.448. The predicted octanol–water partition coefficient (Wildman–Crippen LogP) is 2.32. The van der Waals surface area contributed by atoms with E-state index in [0.717, 1.165) is 18.5 Å². The number of amides is 1. The van der Waals surface area contributed by atoms with Gasteiger partial charge in [0.2, 0.25) is 5.96 Å². The molecule has 1 saturated heterocycles. The number of piperidine rings is 1. The van der Waals surface area contributed by atoms with E-state index in [9.17, 15) is 4.79 Å². The fourth-order valence-electron chi connectivity index (χ4n) is 2.39. The summed E-state index contributed by atoms with van der Waals surface area (Å²) in [6.07, 6.45) is 1.28. The molecule has 0 radical (unpaired) electrons. The van der Waals surface area contributed by atoms with Gasteiger partial charge in [0.15, 0.2) is 0 Å². The Morgan fingerprint density at radius 1 is 1.25 bits per heavy atom. The molecule has 1 heterocycles. The number of hydrogen-bond donors (Lipinski definition) is 3. The number of ether oxygens (including phenoxy) is 1. The van der Waals surface area contributed by atoms with Crippen molar-refractivity contribution in [3.8, 4) is 0 Å². The molecule has 7 nitrogen and oxygen atoms in total. The maximum Gasteiger partial charge on any atom is 0.410 e. The highest BCUT2D eigenvalue weighted by Crippen LogP contribution is 2.17. The van der Waals surface area contributed by atoms with Crippen molar-refractivity contribution in [3.63, 3.8) is 0 Å². The lowest BCUT2D eigenvalue weighted by atomic mass is 10.1. The summed E-state index contributed by atoms with van der Waals surface area (Å²) < 4.78 is 5.39. The summed E-state index contributed by atoms with van der Waals surface area (Å²) in [4.78, 5) is 18.2. The molecule has 0 aromatic heterocycles. The van der Waals surface area contributed by atoms with Crippen molar-refractivity contribution in [2.75, 3.05) is 18.5 Å². The molecule has 0 atom stereocenters. The number of hydrogen-bond acceptors (Lipinski definition) is 4. The van der Waals surface area contributed by atoms with E-state index in [0.29, 0.717) is 19.0 Å². The van der Waals surface area contributed by atoms with Crippen LogP contribution in [-0.2, 0) is 4.74 Å². The molecule has 1 aliphatic heterocycles. The van der Waals surface area contributed by atoms with Crippen molar-refractivity contribution < 1.29 is 9.53 Å². The summed E-state index contributed by atoms with van der Waals surface area (Å²) in [6, 6.07) is 9.78. The molecule has 0 aliphatic carbocycles. The molecule has 1 aliphatic rings. The minimum atomic E-state index is -0.469. The first kappa shape index (κ1) is 17.9. The Hall–Kier alpha value is -2.44. The zero-order valence-corrected chi connectivity index (χ0v) is 14.6. The van der Waals surface area contributed by atoms with Crippen LogP contribution in [-0.4, -0.2) is 41.7 Å². The molecule has 132 valence electrons. The third-order valence-electron chi connectivity index (χ3n) is 3.55. The second-order valence-electron chi connectivity index (χ2n) is 6.83. The van der Waals surface area contributed by atoms with Crippen molar-refractivity contribution in [1.29, 1.82) is 0 Å². The monoisotopic (exact) mass is 333 g/mol. The van der Waals surface area contributed by atoms with Gasteiger partial charge < -0.3 is 15.4 Å². The number of nitrogens with zero attached hydrogens (tertiary/aromatic N) is 2. The van der Waals surface area contributed by atoms with Gasteiger partial charge >= 0.3 is 6.09 Å². The number of anilines is 1. The van der Waals surface area contributed by atoms with Gasteiger partial charge in [0, 0.05) is 13.1 Å². The smallest absolute Gasteiger partial charge is 0.410 e. The fraction of sp³-hybridized carbons (Fsp3) is 0.529. The van der Waals surface area contributed by atoms with E-state index in [4.69, 9.17) is 10.5 Å². The van der Waals surface area contributed by atoms with Gasteiger partial charge in [-0.15, -0.1) is 0 Å². The largest absolute Gasteiger partial charge is 0.444 e. The summed E-state index contributed by atoms with van der Waals surface area (Å²) in [5, 5.41) is 0. The Morgan fingerprint density at radius 3 is 2.46 bits per heavy atom. The Kier molecular flexibility index (Phi) is 5.89. The molecule has 1 aromatic carbocycles. The van der Waals surface area contributed by atoms with Gasteiger partial charge in [-0.2, -0.15) is 0 Å². The number of benzene rings is 1. The van der Waals surface area contributed by atoms with Gasteiger partial charge in [-0.3, -0.25) is 10.9 Å². The highest BCUT2D eigenvalue weighted by Gasteiger charge is 2.26. The summed E-state index contributed by atoms with van der Waals surface area (Å²) >= 11 is 0. The van der Waals surface area contributed by atoms with Crippen LogP contribution in [0.2, 0.25) is 0 Å². The number of nitrogens with one attached hydrogen (secondary N) is 2. The van der Waals surface area contributed by atoms with Crippen molar-refractivity contribution in [1.82, 2.24) is 10.3 Å². The number of aliphatic imine (C=N–C) groups is 1. The number of hydrazine groups is 1. The highest BCUT2D eigenvalue weighted by atomic mass is 16.6. The molecule has 1 amide bonds. The van der Waals surface area contributed by atoms with Crippen LogP contribution in [0.1, 0.15) is 33.6 Å². The molecule has 1 aromatic rings. The van der Waals surface area contributed by atoms with Gasteiger partial charge in [-0.1, -0.05) is 18.2 Å². The lowest BCUT2D eigenvalue weighted by Crippen LogP contribution is -2.44. The van der Waals surface area contributed by atoms with Crippen LogP contribution in [0, 0.1) is 0 Å². The van der Waals surface area contributed by atoms with Crippen LogP contribution >= 0.6 is 0 Å². The van der Waals surface area contributed by atoms with Crippen LogP contribution < -0.4 is 16.6 Å². The Morgan fingerprint density at radius 2 is 1.88 bits per heavy atom. The van der Waals surface area contributed by atoms with Gasteiger partial charge in [0.25, 0.3) is 0 Å². The molecule has 0 spiro atoms. The van der Waals surface area contributed by atoms with Gasteiger partial charge in [0.05, 0.1) is 11.7 Å². The number of para-hydroxylation sites is 1. The number of rotatable bonds is 3. The molecule has 0 saturated carbocycles. The first-order chi connectivity index (χ1) is 11.3. The van der Waals surface area contributed by atoms with Gasteiger partial charge in [0.1, 0.15) is 5.60 Å². The zero-order chi connectivity index (χ0) is 17.6. The van der Waals surface area contributed by atoms with Gasteiger partial charge in [-0.05, 0) is 45.7 Å². The van der Waals surface area contributed by atoms with E-state index in [2.05, 4.69) is 15.8 Å². The molecule has 0 bridgehead atoms. The van der Waals surface area contributed by atoms with Crippen LogP contribution in [0.3, 0.4) is 0 Å². The molecule has 24 heavy (non-hydrogen) atoms. The van der Waals surface area contributed by atoms with Crippen molar-refractivity contribution in [2.45, 2.75) is 45.3 Å². The Labute approximate surface area is 143 Å². The van der Waals surface area contributed by atoms with Crippen molar-refractivity contribution in [2.24, 2.45) is 10.7 Å². The van der Waals surface area contributed by atoms with E-state index in [-0.39, 0.29) is 12.1 Å². The molecular weight excluding hydrogens is 306 g/mol. The average molecular weight is 333 g/mol. The number of carbonyl (C=O) groups excluding carboxylic acids is 1. The Bertz CT molecular complexity index is 560. The summed E-state index contributed by atoms with van der Waals surface area (Å²) in [7, 11) is 0. The maximum absolute atomic E-state index is 12.0. The minimum Gasteiger partial charge on any atom is -0.444 e. The first-order valence-corrected chi connectivity index (χ1v) is 8.22. The number of carbonyl (C=O) groups is 1. The van der Waals surface area contributed by atoms with Crippen LogP contribution in [0.25, 0.3) is 0 Å². The highest BCUT2D eigenvalue weighted by molar-refractivity contribution is 5.79. The molecule has 1 fully saturated rings. The van der Waals surface area contributed by atoms with Crippen LogP contribution in [0.15, 0.2) is 35.3 Å². The van der Waals surface area contributed by atoms with E-state index in [1.807, 2.05) is 51.1 Å². The minimum absolute atomic E-state index is 0.105. The fourth-order valence-corrected chi connectivity index (χ4v) is 2.39. The first-order valence-electron chi connectivity index (χ1n) is 8.22. The predicted molar refractivity (Wildman–Crippen MR) is 95.7 cm³/mol. The normalized spacial score (nSPS) is 16.6. The van der Waals surface area contributed by atoms with E-state index in [1.165, 1.54) is 0 Å². The summed E-state index contributed by atoms with van der Waals surface area (Å²) in [5.41, 5.74) is 12.2. The van der Waals surface area contributed by atoms with Crippen molar-refractivity contribution >= 4 is 17.7 Å². The summed E-state index contributed by atoms with van der Waals surface area (Å²) in [6.45, 7) is 6.86. The SMILES string of the molecule is CC(C)(C)OC(=O)N1CCC(N=C(N)NNc2ccccc2)CC1. The zero-order valence-electron chi connectivity index (χ0n) is 14.6. The average Bonchev–Trinajstić information content (AvgIpc) is 2.53. The molecule has 4 N–H and O–H groups in total. The lowest BCUT2D eigenvalue weighted by Gasteiger charge is -2.32. The van der Waals surface area contributed by atoms with E-state index < -0.39 is 5.60 Å². The Balaban J connectivity index is 1.76. The number of likely N-dealkylation sites (tertiary alicyclic amines) is 1. The number of guanidine groups is 1. The standard InChI is InChI=1S/C17H27N5O2/c1-17(2,3)24-16(23)22-11-9-13(10-12-22)19-15(18)21-20-14-7-5-4-6-8-14/h4-8,13,20H,9-12H2,1-3H3,(H3,18,19,21). The van der Waals surface area contributed by atoms with E-state index >= 15 is 0 Å². The maximum atomic E-state index is 12.0. The molecule has 0 unspecified atom stereocenters. The lowest BCUT2D eigenvalue weighted by molar-refractivity contribution is 0.0207.